The molecule has 6 aromatic carbocycles. The van der Waals surface area contributed by atoms with Gasteiger partial charge in [0.05, 0.1) is 11.0 Å². The van der Waals surface area contributed by atoms with Crippen molar-refractivity contribution in [1.82, 2.24) is 4.40 Å². The smallest absolute Gasteiger partial charge is 0.263 e. The summed E-state index contributed by atoms with van der Waals surface area (Å²) < 4.78 is 1.92. The zero-order valence-corrected chi connectivity index (χ0v) is 22.3. The van der Waals surface area contributed by atoms with Crippen LogP contribution in [0.25, 0.3) is 60.2 Å². The highest BCUT2D eigenvalue weighted by Crippen LogP contribution is 2.45. The first kappa shape index (κ1) is 22.6. The van der Waals surface area contributed by atoms with Crippen LogP contribution in [0.1, 0.15) is 22.6 Å². The Kier molecular flexibility index (Phi) is 4.63. The maximum Gasteiger partial charge on any atom is 0.263 e. The third-order valence-electron chi connectivity index (χ3n) is 9.11. The first-order chi connectivity index (χ1) is 20.3. The van der Waals surface area contributed by atoms with Crippen molar-refractivity contribution in [3.05, 3.63) is 161 Å². The molecule has 2 aromatic heterocycles. The molecule has 1 aliphatic rings. The van der Waals surface area contributed by atoms with Crippen LogP contribution >= 0.6 is 0 Å². The molecule has 0 amide bonds. The molecular weight excluding hydrogens is 498 g/mol. The Morgan fingerprint density at radius 1 is 0.537 bits per heavy atom. The Balaban J connectivity index is 1.31. The number of aromatic nitrogens is 1. The van der Waals surface area contributed by atoms with E-state index in [-0.39, 0.29) is 5.56 Å². The zero-order chi connectivity index (χ0) is 27.1. The van der Waals surface area contributed by atoms with Crippen LogP contribution in [-0.4, -0.2) is 4.40 Å². The number of hydrogen-bond acceptors (Lipinski definition) is 1. The van der Waals surface area contributed by atoms with Gasteiger partial charge in [-0.2, -0.15) is 0 Å². The lowest BCUT2D eigenvalue weighted by Gasteiger charge is -2.29. The zero-order valence-electron chi connectivity index (χ0n) is 22.3. The standard InChI is InChI=1S/C39H25NO/c41-39-32-16-7-6-14-30(32)35-22-27(23-36-31-15-8-9-17-37(31)40(39)38(35)36)25-18-19-26-21-33(24-10-2-1-3-11-24)28-12-4-5-13-29(28)34(26)20-25/h1-20,22-23,33H,21H2. The fourth-order valence-electron chi connectivity index (χ4n) is 7.25. The molecule has 1 aliphatic carbocycles. The maximum atomic E-state index is 13.7. The summed E-state index contributed by atoms with van der Waals surface area (Å²) in [5.74, 6) is 0.353. The normalized spacial score (nSPS) is 14.6. The third-order valence-corrected chi connectivity index (χ3v) is 9.11. The van der Waals surface area contributed by atoms with Gasteiger partial charge in [-0.05, 0) is 81.1 Å². The van der Waals surface area contributed by atoms with E-state index in [1.807, 2.05) is 28.7 Å². The van der Waals surface area contributed by atoms with E-state index in [9.17, 15) is 4.79 Å². The van der Waals surface area contributed by atoms with Crippen LogP contribution in [0.15, 0.2) is 138 Å². The van der Waals surface area contributed by atoms with Crippen molar-refractivity contribution in [2.45, 2.75) is 12.3 Å². The molecular formula is C39H25NO. The number of fused-ring (bicyclic) bond motifs is 8. The minimum atomic E-state index is 0.0467. The first-order valence-corrected chi connectivity index (χ1v) is 14.2. The fourth-order valence-corrected chi connectivity index (χ4v) is 7.25. The summed E-state index contributed by atoms with van der Waals surface area (Å²) in [6, 6.07) is 47.6. The molecule has 41 heavy (non-hydrogen) atoms. The van der Waals surface area contributed by atoms with Crippen molar-refractivity contribution in [2.75, 3.05) is 0 Å². The quantitative estimate of drug-likeness (QED) is 0.207. The highest BCUT2D eigenvalue weighted by Gasteiger charge is 2.26. The summed E-state index contributed by atoms with van der Waals surface area (Å²) in [7, 11) is 0. The van der Waals surface area contributed by atoms with E-state index in [4.69, 9.17) is 0 Å². The van der Waals surface area contributed by atoms with Gasteiger partial charge in [0.25, 0.3) is 5.56 Å². The van der Waals surface area contributed by atoms with Gasteiger partial charge in [-0.25, -0.2) is 0 Å². The van der Waals surface area contributed by atoms with Crippen molar-refractivity contribution in [3.63, 3.8) is 0 Å². The molecule has 0 saturated heterocycles. The Hall–Kier alpha value is -5.21. The van der Waals surface area contributed by atoms with E-state index in [0.29, 0.717) is 5.92 Å². The number of pyridine rings is 1. The summed E-state index contributed by atoms with van der Waals surface area (Å²) in [5, 5.41) is 5.12. The van der Waals surface area contributed by atoms with Crippen molar-refractivity contribution in [2.24, 2.45) is 0 Å². The van der Waals surface area contributed by atoms with Gasteiger partial charge in [-0.3, -0.25) is 9.20 Å². The van der Waals surface area contributed by atoms with Crippen molar-refractivity contribution >= 4 is 38.0 Å². The molecule has 1 atom stereocenters. The van der Waals surface area contributed by atoms with Crippen LogP contribution in [0.4, 0.5) is 0 Å². The second-order valence-electron chi connectivity index (χ2n) is 11.2. The van der Waals surface area contributed by atoms with Gasteiger partial charge in [0.2, 0.25) is 0 Å². The predicted molar refractivity (Wildman–Crippen MR) is 170 cm³/mol. The minimum absolute atomic E-state index is 0.0467. The lowest BCUT2D eigenvalue weighted by atomic mass is 9.75. The second kappa shape index (κ2) is 8.39. The summed E-state index contributed by atoms with van der Waals surface area (Å²) in [5.41, 5.74) is 11.2. The molecule has 192 valence electrons. The van der Waals surface area contributed by atoms with Gasteiger partial charge < -0.3 is 0 Å². The Morgan fingerprint density at radius 2 is 1.22 bits per heavy atom. The number of rotatable bonds is 2. The van der Waals surface area contributed by atoms with Gasteiger partial charge >= 0.3 is 0 Å². The van der Waals surface area contributed by atoms with Crippen LogP contribution < -0.4 is 5.56 Å². The Morgan fingerprint density at radius 3 is 2.07 bits per heavy atom. The number of benzene rings is 6. The van der Waals surface area contributed by atoms with Crippen LogP contribution in [0.3, 0.4) is 0 Å². The highest BCUT2D eigenvalue weighted by molar-refractivity contribution is 6.21. The molecule has 9 rings (SSSR count). The van der Waals surface area contributed by atoms with Crippen molar-refractivity contribution in [3.8, 4) is 22.3 Å². The van der Waals surface area contributed by atoms with E-state index in [0.717, 1.165) is 44.4 Å². The number of hydrogen-bond donors (Lipinski definition) is 0. The molecule has 2 heterocycles. The largest absolute Gasteiger partial charge is 0.275 e. The van der Waals surface area contributed by atoms with Crippen LogP contribution in [0.2, 0.25) is 0 Å². The molecule has 2 heteroatoms. The van der Waals surface area contributed by atoms with E-state index in [2.05, 4.69) is 109 Å². The lowest BCUT2D eigenvalue weighted by Crippen LogP contribution is -2.13. The third kappa shape index (κ3) is 3.16. The van der Waals surface area contributed by atoms with Crippen molar-refractivity contribution < 1.29 is 0 Å². The molecule has 0 spiro atoms. The minimum Gasteiger partial charge on any atom is -0.275 e. The molecule has 0 aliphatic heterocycles. The van der Waals surface area contributed by atoms with Gasteiger partial charge in [-0.15, -0.1) is 0 Å². The van der Waals surface area contributed by atoms with Crippen molar-refractivity contribution in [1.29, 1.82) is 0 Å². The molecule has 0 saturated carbocycles. The van der Waals surface area contributed by atoms with Crippen LogP contribution in [0, 0.1) is 0 Å². The maximum absolute atomic E-state index is 13.7. The average molecular weight is 524 g/mol. The molecule has 0 bridgehead atoms. The molecule has 1 unspecified atom stereocenters. The fraction of sp³-hybridized carbons (Fsp3) is 0.0513. The number of nitrogens with zero attached hydrogens (tertiary/aromatic N) is 1. The Labute approximate surface area is 237 Å². The molecule has 0 radical (unpaired) electrons. The summed E-state index contributed by atoms with van der Waals surface area (Å²) in [4.78, 5) is 13.7. The van der Waals surface area contributed by atoms with Crippen LogP contribution in [0.5, 0.6) is 0 Å². The Bertz CT molecular complexity index is 2360. The van der Waals surface area contributed by atoms with Gasteiger partial charge in [0, 0.05) is 27.5 Å². The average Bonchev–Trinajstić information content (AvgIpc) is 3.38. The van der Waals surface area contributed by atoms with E-state index >= 15 is 0 Å². The van der Waals surface area contributed by atoms with Gasteiger partial charge in [0.1, 0.15) is 0 Å². The van der Waals surface area contributed by atoms with Gasteiger partial charge in [-0.1, -0.05) is 103 Å². The molecule has 0 N–H and O–H groups in total. The summed E-state index contributed by atoms with van der Waals surface area (Å²) >= 11 is 0. The number of para-hydroxylation sites is 1. The second-order valence-corrected chi connectivity index (χ2v) is 11.2. The van der Waals surface area contributed by atoms with Crippen LogP contribution in [-0.2, 0) is 6.42 Å². The lowest BCUT2D eigenvalue weighted by molar-refractivity contribution is 0.794. The SMILES string of the molecule is O=c1c2ccccc2c2cc(-c3ccc4c(c3)-c3ccccc3C(c3ccccc3)C4)cc3c4ccccc4n1c23. The van der Waals surface area contributed by atoms with Gasteiger partial charge in [0.15, 0.2) is 0 Å². The van der Waals surface area contributed by atoms with E-state index in [1.165, 1.54) is 38.9 Å². The summed E-state index contributed by atoms with van der Waals surface area (Å²) in [6.07, 6.45) is 0.990. The first-order valence-electron chi connectivity index (χ1n) is 14.2. The van der Waals surface area contributed by atoms with E-state index in [1.54, 1.807) is 0 Å². The molecule has 8 aromatic rings. The highest BCUT2D eigenvalue weighted by atomic mass is 16.1. The molecule has 2 nitrogen and oxygen atoms in total. The monoisotopic (exact) mass is 523 g/mol. The van der Waals surface area contributed by atoms with E-state index < -0.39 is 0 Å². The predicted octanol–water partition coefficient (Wildman–Crippen LogP) is 9.22. The topological polar surface area (TPSA) is 21.5 Å². The molecule has 0 fully saturated rings. The summed E-state index contributed by atoms with van der Waals surface area (Å²) in [6.45, 7) is 0.